The molecule has 1 aromatic heterocycles. The summed E-state index contributed by atoms with van der Waals surface area (Å²) in [5.41, 5.74) is 3.99. The molecule has 6 nitrogen and oxygen atoms in total. The number of aryl methyl sites for hydroxylation is 2. The van der Waals surface area contributed by atoms with Gasteiger partial charge in [-0.2, -0.15) is 0 Å². The highest BCUT2D eigenvalue weighted by Crippen LogP contribution is 2.26. The normalized spacial score (nSPS) is 14.3. The van der Waals surface area contributed by atoms with Crippen LogP contribution in [0.15, 0.2) is 47.6 Å². The number of benzene rings is 2. The zero-order valence-electron chi connectivity index (χ0n) is 19.9. The van der Waals surface area contributed by atoms with Gasteiger partial charge in [0.05, 0.1) is 12.3 Å². The van der Waals surface area contributed by atoms with E-state index in [0.29, 0.717) is 11.7 Å². The Morgan fingerprint density at radius 2 is 1.68 bits per heavy atom. The fourth-order valence-electron chi connectivity index (χ4n) is 4.37. The van der Waals surface area contributed by atoms with Gasteiger partial charge in [-0.25, -0.2) is 4.39 Å². The lowest BCUT2D eigenvalue weighted by atomic mass is 10.0. The molecule has 34 heavy (non-hydrogen) atoms. The molecule has 180 valence electrons. The van der Waals surface area contributed by atoms with Crippen molar-refractivity contribution < 1.29 is 9.18 Å². The Balaban J connectivity index is 1.52. The molecule has 1 aliphatic heterocycles. The second-order valence-electron chi connectivity index (χ2n) is 8.54. The van der Waals surface area contributed by atoms with E-state index in [1.54, 1.807) is 12.1 Å². The van der Waals surface area contributed by atoms with Gasteiger partial charge in [0.25, 0.3) is 0 Å². The Kier molecular flexibility index (Phi) is 8.34. The lowest BCUT2D eigenvalue weighted by Gasteiger charge is -2.26. The van der Waals surface area contributed by atoms with Crippen molar-refractivity contribution in [1.29, 1.82) is 0 Å². The molecule has 3 aromatic rings. The number of para-hydroxylation sites is 1. The predicted octanol–water partition coefficient (Wildman–Crippen LogP) is 5.25. The lowest BCUT2D eigenvalue weighted by molar-refractivity contribution is -0.113. The van der Waals surface area contributed by atoms with Gasteiger partial charge >= 0.3 is 0 Å². The third-order valence-corrected chi connectivity index (χ3v) is 7.12. The van der Waals surface area contributed by atoms with Gasteiger partial charge in [-0.05, 0) is 74.2 Å². The molecule has 0 aliphatic carbocycles. The predicted molar refractivity (Wildman–Crippen MR) is 135 cm³/mol. The summed E-state index contributed by atoms with van der Waals surface area (Å²) >= 11 is 1.35. The molecular weight excluding hydrogens is 449 g/mol. The van der Waals surface area contributed by atoms with Crippen molar-refractivity contribution >= 4 is 23.4 Å². The number of hydrogen-bond acceptors (Lipinski definition) is 5. The van der Waals surface area contributed by atoms with E-state index in [0.717, 1.165) is 54.3 Å². The van der Waals surface area contributed by atoms with Crippen LogP contribution in [0.2, 0.25) is 0 Å². The number of rotatable bonds is 9. The number of piperidine rings is 1. The third kappa shape index (κ3) is 5.85. The molecule has 1 saturated heterocycles. The van der Waals surface area contributed by atoms with E-state index in [9.17, 15) is 9.18 Å². The summed E-state index contributed by atoms with van der Waals surface area (Å²) in [4.78, 5) is 15.3. The molecule has 1 aliphatic rings. The third-order valence-electron chi connectivity index (χ3n) is 6.19. The average molecular weight is 482 g/mol. The number of anilines is 1. The van der Waals surface area contributed by atoms with Crippen molar-refractivity contribution in [3.05, 3.63) is 65.2 Å². The maximum atomic E-state index is 13.6. The molecule has 0 spiro atoms. The SMILES string of the molecule is CCc1cccc(CC)c1NC(=O)CSc1nnc(CN2CCCCC2)n1-c1ccc(F)cc1. The number of carbonyl (C=O) groups excluding carboxylic acids is 1. The number of carbonyl (C=O) groups is 1. The van der Waals surface area contributed by atoms with Crippen LogP contribution in [-0.4, -0.2) is 44.4 Å². The molecule has 4 rings (SSSR count). The first-order valence-corrected chi connectivity index (χ1v) is 13.0. The van der Waals surface area contributed by atoms with E-state index in [1.807, 2.05) is 10.6 Å². The molecule has 0 saturated carbocycles. The molecule has 2 heterocycles. The summed E-state index contributed by atoms with van der Waals surface area (Å²) in [7, 11) is 0. The first-order chi connectivity index (χ1) is 16.6. The first kappa shape index (κ1) is 24.4. The Hall–Kier alpha value is -2.71. The van der Waals surface area contributed by atoms with Crippen molar-refractivity contribution in [3.8, 4) is 5.69 Å². The molecule has 1 N–H and O–H groups in total. The smallest absolute Gasteiger partial charge is 0.234 e. The minimum Gasteiger partial charge on any atom is -0.325 e. The monoisotopic (exact) mass is 481 g/mol. The first-order valence-electron chi connectivity index (χ1n) is 12.0. The van der Waals surface area contributed by atoms with Gasteiger partial charge in [0.1, 0.15) is 5.82 Å². The van der Waals surface area contributed by atoms with E-state index in [2.05, 4.69) is 46.4 Å². The number of nitrogens with one attached hydrogen (secondary N) is 1. The molecule has 0 radical (unpaired) electrons. The van der Waals surface area contributed by atoms with E-state index in [1.165, 1.54) is 43.2 Å². The summed E-state index contributed by atoms with van der Waals surface area (Å²) in [5.74, 6) is 0.654. The summed E-state index contributed by atoms with van der Waals surface area (Å²) in [6.07, 6.45) is 5.35. The number of thioether (sulfide) groups is 1. The van der Waals surface area contributed by atoms with E-state index in [-0.39, 0.29) is 17.5 Å². The maximum Gasteiger partial charge on any atom is 0.234 e. The van der Waals surface area contributed by atoms with Crippen LogP contribution >= 0.6 is 11.8 Å². The molecule has 1 fully saturated rings. The van der Waals surface area contributed by atoms with E-state index in [4.69, 9.17) is 0 Å². The van der Waals surface area contributed by atoms with Crippen LogP contribution in [0.5, 0.6) is 0 Å². The van der Waals surface area contributed by atoms with Gasteiger partial charge in [0.2, 0.25) is 5.91 Å². The van der Waals surface area contributed by atoms with Crippen molar-refractivity contribution in [2.75, 3.05) is 24.2 Å². The number of likely N-dealkylation sites (tertiary alicyclic amines) is 1. The lowest BCUT2D eigenvalue weighted by Crippen LogP contribution is -2.30. The minimum atomic E-state index is -0.288. The van der Waals surface area contributed by atoms with Crippen LogP contribution in [0, 0.1) is 5.82 Å². The molecule has 0 unspecified atom stereocenters. The number of amides is 1. The number of halogens is 1. The van der Waals surface area contributed by atoms with Gasteiger partial charge < -0.3 is 5.32 Å². The molecule has 8 heteroatoms. The molecule has 0 atom stereocenters. The quantitative estimate of drug-likeness (QED) is 0.423. The largest absolute Gasteiger partial charge is 0.325 e. The second-order valence-corrected chi connectivity index (χ2v) is 9.49. The zero-order chi connectivity index (χ0) is 23.9. The number of hydrogen-bond donors (Lipinski definition) is 1. The Morgan fingerprint density at radius 1 is 1.00 bits per heavy atom. The van der Waals surface area contributed by atoms with Gasteiger partial charge in [0, 0.05) is 11.4 Å². The summed E-state index contributed by atoms with van der Waals surface area (Å²) in [5, 5.41) is 12.6. The highest BCUT2D eigenvalue weighted by atomic mass is 32.2. The molecule has 2 aromatic carbocycles. The number of aromatic nitrogens is 3. The van der Waals surface area contributed by atoms with Crippen LogP contribution in [0.4, 0.5) is 10.1 Å². The van der Waals surface area contributed by atoms with Gasteiger partial charge in [-0.15, -0.1) is 10.2 Å². The summed E-state index contributed by atoms with van der Waals surface area (Å²) in [6, 6.07) is 12.5. The standard InChI is InChI=1S/C26H32FN5OS/c1-3-19-9-8-10-20(4-2)25(19)28-24(33)18-34-26-30-29-23(17-31-15-6-5-7-16-31)32(26)22-13-11-21(27)12-14-22/h8-14H,3-7,15-18H2,1-2H3,(H,28,33). The summed E-state index contributed by atoms with van der Waals surface area (Å²) in [6.45, 7) is 6.94. The van der Waals surface area contributed by atoms with E-state index >= 15 is 0 Å². The summed E-state index contributed by atoms with van der Waals surface area (Å²) < 4.78 is 15.5. The van der Waals surface area contributed by atoms with Crippen LogP contribution in [-0.2, 0) is 24.2 Å². The van der Waals surface area contributed by atoms with Gasteiger partial charge in [-0.3, -0.25) is 14.3 Å². The molecule has 0 bridgehead atoms. The Morgan fingerprint density at radius 3 is 2.32 bits per heavy atom. The van der Waals surface area contributed by atoms with Crippen molar-refractivity contribution in [2.24, 2.45) is 0 Å². The highest BCUT2D eigenvalue weighted by Gasteiger charge is 2.20. The Bertz CT molecular complexity index is 1090. The fourth-order valence-corrected chi connectivity index (χ4v) is 5.14. The van der Waals surface area contributed by atoms with Gasteiger partial charge in [0.15, 0.2) is 11.0 Å². The fraction of sp³-hybridized carbons (Fsp3) is 0.423. The second kappa shape index (κ2) is 11.6. The molecule has 1 amide bonds. The van der Waals surface area contributed by atoms with Crippen molar-refractivity contribution in [1.82, 2.24) is 19.7 Å². The minimum absolute atomic E-state index is 0.0770. The van der Waals surface area contributed by atoms with Crippen molar-refractivity contribution in [3.63, 3.8) is 0 Å². The van der Waals surface area contributed by atoms with E-state index < -0.39 is 0 Å². The van der Waals surface area contributed by atoms with Crippen LogP contribution in [0.1, 0.15) is 50.1 Å². The van der Waals surface area contributed by atoms with Crippen LogP contribution in [0.25, 0.3) is 5.69 Å². The van der Waals surface area contributed by atoms with Gasteiger partial charge in [-0.1, -0.05) is 50.2 Å². The highest BCUT2D eigenvalue weighted by molar-refractivity contribution is 7.99. The zero-order valence-corrected chi connectivity index (χ0v) is 20.7. The average Bonchev–Trinajstić information content (AvgIpc) is 3.26. The topological polar surface area (TPSA) is 63.1 Å². The maximum absolute atomic E-state index is 13.6. The van der Waals surface area contributed by atoms with Crippen LogP contribution in [0.3, 0.4) is 0 Å². The number of nitrogens with zero attached hydrogens (tertiary/aromatic N) is 4. The van der Waals surface area contributed by atoms with Crippen LogP contribution < -0.4 is 5.32 Å². The van der Waals surface area contributed by atoms with Crippen molar-refractivity contribution in [2.45, 2.75) is 57.7 Å². The Labute approximate surface area is 205 Å². The molecular formula is C26H32FN5OS.